The van der Waals surface area contributed by atoms with E-state index in [0.717, 1.165) is 11.3 Å². The van der Waals surface area contributed by atoms with Crippen molar-refractivity contribution in [2.45, 2.75) is 20.0 Å². The van der Waals surface area contributed by atoms with Gasteiger partial charge in [-0.25, -0.2) is 0 Å². The van der Waals surface area contributed by atoms with Crippen LogP contribution in [-0.2, 0) is 4.79 Å². The highest BCUT2D eigenvalue weighted by Crippen LogP contribution is 2.15. The van der Waals surface area contributed by atoms with Crippen molar-refractivity contribution >= 4 is 12.0 Å². The van der Waals surface area contributed by atoms with Crippen LogP contribution in [0.15, 0.2) is 30.3 Å². The number of amides is 1. The molecular weight excluding hydrogens is 242 g/mol. The Morgan fingerprint density at radius 3 is 2.84 bits per heavy atom. The van der Waals surface area contributed by atoms with E-state index in [2.05, 4.69) is 0 Å². The van der Waals surface area contributed by atoms with Crippen LogP contribution in [-0.4, -0.2) is 42.2 Å². The quantitative estimate of drug-likeness (QED) is 0.798. The number of hydrogen-bond donors (Lipinski definition) is 1. The van der Waals surface area contributed by atoms with Crippen LogP contribution in [0.2, 0.25) is 0 Å². The number of ether oxygens (including phenoxy) is 1. The lowest BCUT2D eigenvalue weighted by Gasteiger charge is -2.12. The second-order valence-corrected chi connectivity index (χ2v) is 4.56. The van der Waals surface area contributed by atoms with Gasteiger partial charge in [0.1, 0.15) is 5.75 Å². The number of aliphatic hydroxyl groups is 1. The zero-order valence-corrected chi connectivity index (χ0v) is 11.7. The number of carbonyl (C=O) groups is 1. The van der Waals surface area contributed by atoms with Crippen molar-refractivity contribution in [3.05, 3.63) is 35.9 Å². The molecule has 0 aliphatic carbocycles. The third-order valence-electron chi connectivity index (χ3n) is 2.46. The third-order valence-corrected chi connectivity index (χ3v) is 2.46. The van der Waals surface area contributed by atoms with Crippen LogP contribution >= 0.6 is 0 Å². The number of nitrogens with zero attached hydrogens (tertiary/aromatic N) is 1. The molecule has 19 heavy (non-hydrogen) atoms. The van der Waals surface area contributed by atoms with Crippen molar-refractivity contribution in [1.82, 2.24) is 4.90 Å². The lowest BCUT2D eigenvalue weighted by molar-refractivity contribution is -0.125. The number of likely N-dealkylation sites (N-methyl/N-ethyl adjacent to an activating group) is 1. The molecule has 0 radical (unpaired) electrons. The van der Waals surface area contributed by atoms with E-state index < -0.39 is 0 Å². The first-order valence-corrected chi connectivity index (χ1v) is 6.33. The summed E-state index contributed by atoms with van der Waals surface area (Å²) in [5, 5.41) is 8.76. The SMILES string of the molecule is CC(C)Oc1cccc(/C=C/C(=O)N(C)CCO)c1. The van der Waals surface area contributed by atoms with Gasteiger partial charge in [-0.1, -0.05) is 12.1 Å². The van der Waals surface area contributed by atoms with Crippen molar-refractivity contribution < 1.29 is 14.6 Å². The Morgan fingerprint density at radius 2 is 2.21 bits per heavy atom. The highest BCUT2D eigenvalue weighted by molar-refractivity contribution is 5.91. The second-order valence-electron chi connectivity index (χ2n) is 4.56. The average molecular weight is 263 g/mol. The van der Waals surface area contributed by atoms with Crippen LogP contribution in [0.4, 0.5) is 0 Å². The highest BCUT2D eigenvalue weighted by Gasteiger charge is 2.03. The molecule has 1 N–H and O–H groups in total. The highest BCUT2D eigenvalue weighted by atomic mass is 16.5. The molecule has 4 heteroatoms. The first kappa shape index (κ1) is 15.2. The summed E-state index contributed by atoms with van der Waals surface area (Å²) < 4.78 is 5.59. The molecule has 4 nitrogen and oxygen atoms in total. The molecule has 0 unspecified atom stereocenters. The Labute approximate surface area is 114 Å². The van der Waals surface area contributed by atoms with Crippen LogP contribution in [0.25, 0.3) is 6.08 Å². The van der Waals surface area contributed by atoms with Crippen molar-refractivity contribution in [3.63, 3.8) is 0 Å². The summed E-state index contributed by atoms with van der Waals surface area (Å²) in [6.45, 7) is 4.24. The summed E-state index contributed by atoms with van der Waals surface area (Å²) in [5.41, 5.74) is 0.906. The molecule has 0 aliphatic rings. The minimum Gasteiger partial charge on any atom is -0.491 e. The Morgan fingerprint density at radius 1 is 1.47 bits per heavy atom. The lowest BCUT2D eigenvalue weighted by atomic mass is 10.2. The fourth-order valence-electron chi connectivity index (χ4n) is 1.52. The molecule has 1 aromatic rings. The zero-order chi connectivity index (χ0) is 14.3. The summed E-state index contributed by atoms with van der Waals surface area (Å²) in [5.74, 6) is 0.651. The van der Waals surface area contributed by atoms with E-state index in [1.807, 2.05) is 38.1 Å². The first-order chi connectivity index (χ1) is 9.02. The largest absolute Gasteiger partial charge is 0.491 e. The van der Waals surface area contributed by atoms with E-state index in [4.69, 9.17) is 9.84 Å². The number of carbonyl (C=O) groups excluding carboxylic acids is 1. The van der Waals surface area contributed by atoms with Crippen LogP contribution in [0.1, 0.15) is 19.4 Å². The Balaban J connectivity index is 2.68. The molecule has 0 aliphatic heterocycles. The number of hydrogen-bond acceptors (Lipinski definition) is 3. The van der Waals surface area contributed by atoms with Crippen LogP contribution < -0.4 is 4.74 Å². The number of rotatable bonds is 6. The molecular formula is C15H21NO3. The van der Waals surface area contributed by atoms with Gasteiger partial charge in [-0.2, -0.15) is 0 Å². The molecule has 0 saturated carbocycles. The van der Waals surface area contributed by atoms with Gasteiger partial charge in [0.15, 0.2) is 0 Å². The normalized spacial score (nSPS) is 11.0. The van der Waals surface area contributed by atoms with E-state index in [1.165, 1.54) is 11.0 Å². The maximum Gasteiger partial charge on any atom is 0.246 e. The number of aliphatic hydroxyl groups excluding tert-OH is 1. The van der Waals surface area contributed by atoms with Crippen LogP contribution in [0, 0.1) is 0 Å². The number of benzene rings is 1. The first-order valence-electron chi connectivity index (χ1n) is 6.33. The van der Waals surface area contributed by atoms with Gasteiger partial charge in [0.2, 0.25) is 5.91 Å². The van der Waals surface area contributed by atoms with Crippen molar-refractivity contribution in [1.29, 1.82) is 0 Å². The van der Waals surface area contributed by atoms with E-state index >= 15 is 0 Å². The summed E-state index contributed by atoms with van der Waals surface area (Å²) >= 11 is 0. The van der Waals surface area contributed by atoms with Gasteiger partial charge in [-0.05, 0) is 37.6 Å². The van der Waals surface area contributed by atoms with Gasteiger partial charge in [-0.3, -0.25) is 4.79 Å². The smallest absolute Gasteiger partial charge is 0.246 e. The van der Waals surface area contributed by atoms with E-state index in [0.29, 0.717) is 6.54 Å². The molecule has 0 fully saturated rings. The van der Waals surface area contributed by atoms with Crippen molar-refractivity contribution in [2.24, 2.45) is 0 Å². The predicted octanol–water partition coefficient (Wildman–Crippen LogP) is 1.94. The van der Waals surface area contributed by atoms with Crippen molar-refractivity contribution in [2.75, 3.05) is 20.2 Å². The maximum absolute atomic E-state index is 11.7. The molecule has 1 aromatic carbocycles. The molecule has 0 aromatic heterocycles. The van der Waals surface area contributed by atoms with Gasteiger partial charge >= 0.3 is 0 Å². The standard InChI is InChI=1S/C15H21NO3/c1-12(2)19-14-6-4-5-13(11-14)7-8-15(18)16(3)9-10-17/h4-8,11-12,17H,9-10H2,1-3H3/b8-7+. The van der Waals surface area contributed by atoms with Gasteiger partial charge < -0.3 is 14.7 Å². The fraction of sp³-hybridized carbons (Fsp3) is 0.400. The third kappa shape index (κ3) is 5.57. The van der Waals surface area contributed by atoms with Crippen LogP contribution in [0.5, 0.6) is 5.75 Å². The monoisotopic (exact) mass is 263 g/mol. The molecule has 0 bridgehead atoms. The molecule has 0 heterocycles. The molecule has 1 amide bonds. The molecule has 104 valence electrons. The minimum atomic E-state index is -0.135. The molecule has 0 spiro atoms. The molecule has 1 rings (SSSR count). The van der Waals surface area contributed by atoms with Crippen molar-refractivity contribution in [3.8, 4) is 5.75 Å². The van der Waals surface area contributed by atoms with E-state index in [9.17, 15) is 4.79 Å². The average Bonchev–Trinajstić information content (AvgIpc) is 2.36. The van der Waals surface area contributed by atoms with Gasteiger partial charge in [0, 0.05) is 19.7 Å². The topological polar surface area (TPSA) is 49.8 Å². The van der Waals surface area contributed by atoms with E-state index in [1.54, 1.807) is 13.1 Å². The summed E-state index contributed by atoms with van der Waals surface area (Å²) in [4.78, 5) is 13.1. The fourth-order valence-corrected chi connectivity index (χ4v) is 1.52. The van der Waals surface area contributed by atoms with E-state index in [-0.39, 0.29) is 18.6 Å². The summed E-state index contributed by atoms with van der Waals surface area (Å²) in [6.07, 6.45) is 3.35. The molecule has 0 saturated heterocycles. The lowest BCUT2D eigenvalue weighted by Crippen LogP contribution is -2.27. The van der Waals surface area contributed by atoms with Gasteiger partial charge in [0.25, 0.3) is 0 Å². The Kier molecular flexibility index (Phi) is 6.09. The van der Waals surface area contributed by atoms with Gasteiger partial charge in [-0.15, -0.1) is 0 Å². The maximum atomic E-state index is 11.7. The Hall–Kier alpha value is -1.81. The van der Waals surface area contributed by atoms with Crippen LogP contribution in [0.3, 0.4) is 0 Å². The molecule has 0 atom stereocenters. The second kappa shape index (κ2) is 7.59. The zero-order valence-electron chi connectivity index (χ0n) is 11.7. The summed E-state index contributed by atoms with van der Waals surface area (Å²) in [7, 11) is 1.65. The minimum absolute atomic E-state index is 0.0339. The predicted molar refractivity (Wildman–Crippen MR) is 76.0 cm³/mol. The Bertz CT molecular complexity index is 441. The summed E-state index contributed by atoms with van der Waals surface area (Å²) in [6, 6.07) is 7.56. The van der Waals surface area contributed by atoms with Gasteiger partial charge in [0.05, 0.1) is 12.7 Å².